The fourth-order valence-corrected chi connectivity index (χ4v) is 7.27. The van der Waals surface area contributed by atoms with Gasteiger partial charge in [0.2, 0.25) is 0 Å². The Balaban J connectivity index is 1.38. The van der Waals surface area contributed by atoms with E-state index in [2.05, 4.69) is 143 Å². The topological polar surface area (TPSA) is 51.1 Å². The number of benzene rings is 5. The highest BCUT2D eigenvalue weighted by Crippen LogP contribution is 2.44. The standard InChI is InChI=1S/C40H38N4O/c1-4-11-32(12-5-1)40(33-13-6-2-7-14-33,34-15-8-3-9-16-34)44-37-20-18-29(27-42-35-17-10-23-41-28-35)25-36(37)39(43-44)31-19-21-38-30(26-31)22-24-45-38/h1-9,11-16,18-21,25-26,35,41-42H,10,17,22-24,27-28H2. The third-order valence-corrected chi connectivity index (χ3v) is 9.49. The van der Waals surface area contributed by atoms with Crippen molar-refractivity contribution >= 4 is 10.9 Å². The number of aromatic nitrogens is 2. The molecule has 0 saturated carbocycles. The fourth-order valence-electron chi connectivity index (χ4n) is 7.27. The van der Waals surface area contributed by atoms with Gasteiger partial charge in [-0.15, -0.1) is 0 Å². The molecule has 5 nitrogen and oxygen atoms in total. The van der Waals surface area contributed by atoms with Crippen LogP contribution in [0.25, 0.3) is 22.2 Å². The molecular weight excluding hydrogens is 552 g/mol. The highest BCUT2D eigenvalue weighted by Gasteiger charge is 2.41. The van der Waals surface area contributed by atoms with Gasteiger partial charge in [-0.2, -0.15) is 5.10 Å². The summed E-state index contributed by atoms with van der Waals surface area (Å²) >= 11 is 0. The zero-order chi connectivity index (χ0) is 30.1. The minimum absolute atomic E-state index is 0.496. The van der Waals surface area contributed by atoms with Crippen molar-refractivity contribution < 1.29 is 4.74 Å². The first-order valence-electron chi connectivity index (χ1n) is 16.2. The van der Waals surface area contributed by atoms with Crippen LogP contribution in [0.5, 0.6) is 5.75 Å². The van der Waals surface area contributed by atoms with Gasteiger partial charge in [0.05, 0.1) is 12.1 Å². The van der Waals surface area contributed by atoms with Crippen LogP contribution in [0.2, 0.25) is 0 Å². The molecule has 8 rings (SSSR count). The van der Waals surface area contributed by atoms with E-state index in [0.29, 0.717) is 6.04 Å². The summed E-state index contributed by atoms with van der Waals surface area (Å²) in [5.41, 5.74) is 8.51. The van der Waals surface area contributed by atoms with Crippen LogP contribution in [-0.2, 0) is 18.5 Å². The summed E-state index contributed by atoms with van der Waals surface area (Å²) in [6.45, 7) is 3.70. The van der Waals surface area contributed by atoms with Gasteiger partial charge in [-0.3, -0.25) is 0 Å². The summed E-state index contributed by atoms with van der Waals surface area (Å²) in [7, 11) is 0. The summed E-state index contributed by atoms with van der Waals surface area (Å²) in [6, 6.07) is 46.4. The summed E-state index contributed by atoms with van der Waals surface area (Å²) < 4.78 is 8.16. The molecule has 5 aromatic carbocycles. The average Bonchev–Trinajstić information content (AvgIpc) is 3.74. The molecule has 0 spiro atoms. The number of piperidine rings is 1. The lowest BCUT2D eigenvalue weighted by atomic mass is 9.77. The molecule has 0 radical (unpaired) electrons. The zero-order valence-electron chi connectivity index (χ0n) is 25.5. The Hall–Kier alpha value is -4.71. The molecule has 3 heterocycles. The van der Waals surface area contributed by atoms with E-state index < -0.39 is 5.54 Å². The van der Waals surface area contributed by atoms with E-state index in [0.717, 1.165) is 77.3 Å². The predicted octanol–water partition coefficient (Wildman–Crippen LogP) is 7.32. The number of ether oxygens (including phenoxy) is 1. The minimum atomic E-state index is -0.701. The van der Waals surface area contributed by atoms with E-state index in [1.807, 2.05) is 0 Å². The molecule has 1 aromatic heterocycles. The van der Waals surface area contributed by atoms with E-state index in [-0.39, 0.29) is 0 Å². The third-order valence-electron chi connectivity index (χ3n) is 9.49. The van der Waals surface area contributed by atoms with Gasteiger partial charge in [-0.1, -0.05) is 97.1 Å². The second-order valence-electron chi connectivity index (χ2n) is 12.3. The first kappa shape index (κ1) is 27.8. The van der Waals surface area contributed by atoms with Crippen LogP contribution in [0.4, 0.5) is 0 Å². The maximum atomic E-state index is 5.88. The maximum absolute atomic E-state index is 5.88. The largest absolute Gasteiger partial charge is 0.493 e. The fraction of sp³-hybridized carbons (Fsp3) is 0.225. The molecule has 2 aliphatic rings. The lowest BCUT2D eigenvalue weighted by Crippen LogP contribution is -2.42. The predicted molar refractivity (Wildman–Crippen MR) is 182 cm³/mol. The number of nitrogens with one attached hydrogen (secondary N) is 2. The van der Waals surface area contributed by atoms with Crippen molar-refractivity contribution in [1.29, 1.82) is 0 Å². The van der Waals surface area contributed by atoms with Crippen molar-refractivity contribution in [2.75, 3.05) is 19.7 Å². The normalized spacial score (nSPS) is 16.4. The van der Waals surface area contributed by atoms with E-state index in [9.17, 15) is 0 Å². The molecule has 6 aromatic rings. The Morgan fingerprint density at radius 2 is 1.49 bits per heavy atom. The number of rotatable bonds is 8. The number of hydrogen-bond acceptors (Lipinski definition) is 4. The second kappa shape index (κ2) is 12.0. The molecular formula is C40H38N4O. The quantitative estimate of drug-likeness (QED) is 0.183. The third kappa shape index (κ3) is 5.02. The first-order chi connectivity index (χ1) is 22.3. The van der Waals surface area contributed by atoms with Crippen molar-refractivity contribution in [3.8, 4) is 17.0 Å². The summed E-state index contributed by atoms with van der Waals surface area (Å²) in [4.78, 5) is 0. The van der Waals surface area contributed by atoms with Crippen LogP contribution in [0.15, 0.2) is 127 Å². The van der Waals surface area contributed by atoms with Crippen LogP contribution >= 0.6 is 0 Å². The van der Waals surface area contributed by atoms with Gasteiger partial charge in [0.25, 0.3) is 0 Å². The Labute approximate surface area is 264 Å². The molecule has 45 heavy (non-hydrogen) atoms. The molecule has 2 aliphatic heterocycles. The van der Waals surface area contributed by atoms with E-state index in [1.165, 1.54) is 24.0 Å². The van der Waals surface area contributed by atoms with Crippen LogP contribution in [0, 0.1) is 0 Å². The first-order valence-corrected chi connectivity index (χ1v) is 16.2. The van der Waals surface area contributed by atoms with Crippen LogP contribution in [-0.4, -0.2) is 35.5 Å². The molecule has 1 atom stereocenters. The van der Waals surface area contributed by atoms with Crippen molar-refractivity contribution in [3.05, 3.63) is 155 Å². The SMILES string of the molecule is c1ccc(C(c2ccccc2)(c2ccccc2)n2nc(-c3ccc4c(c3)CCO4)c3cc(CNC4CCCNC4)ccc32)cc1. The van der Waals surface area contributed by atoms with Crippen molar-refractivity contribution in [2.24, 2.45) is 0 Å². The van der Waals surface area contributed by atoms with Crippen molar-refractivity contribution in [2.45, 2.75) is 37.4 Å². The highest BCUT2D eigenvalue weighted by molar-refractivity contribution is 5.94. The molecule has 224 valence electrons. The monoisotopic (exact) mass is 590 g/mol. The van der Waals surface area contributed by atoms with Gasteiger partial charge < -0.3 is 15.4 Å². The van der Waals surface area contributed by atoms with Gasteiger partial charge in [-0.25, -0.2) is 4.68 Å². The van der Waals surface area contributed by atoms with Gasteiger partial charge >= 0.3 is 0 Å². The molecule has 1 fully saturated rings. The Kier molecular flexibility index (Phi) is 7.42. The Morgan fingerprint density at radius 3 is 2.13 bits per heavy atom. The van der Waals surface area contributed by atoms with E-state index >= 15 is 0 Å². The summed E-state index contributed by atoms with van der Waals surface area (Å²) in [6.07, 6.45) is 3.36. The second-order valence-corrected chi connectivity index (χ2v) is 12.3. The van der Waals surface area contributed by atoms with Gasteiger partial charge in [0, 0.05) is 36.5 Å². The summed E-state index contributed by atoms with van der Waals surface area (Å²) in [5, 5.41) is 14.1. The summed E-state index contributed by atoms with van der Waals surface area (Å²) in [5.74, 6) is 0.987. The van der Waals surface area contributed by atoms with Crippen LogP contribution < -0.4 is 15.4 Å². The van der Waals surface area contributed by atoms with Crippen molar-refractivity contribution in [3.63, 3.8) is 0 Å². The number of fused-ring (bicyclic) bond motifs is 2. The number of nitrogens with zero attached hydrogens (tertiary/aromatic N) is 2. The van der Waals surface area contributed by atoms with E-state index in [1.54, 1.807) is 0 Å². The molecule has 1 unspecified atom stereocenters. The number of hydrogen-bond donors (Lipinski definition) is 2. The maximum Gasteiger partial charge on any atom is 0.138 e. The smallest absolute Gasteiger partial charge is 0.138 e. The van der Waals surface area contributed by atoms with E-state index in [4.69, 9.17) is 9.84 Å². The molecule has 0 bridgehead atoms. The lowest BCUT2D eigenvalue weighted by Gasteiger charge is -2.37. The molecule has 2 N–H and O–H groups in total. The Morgan fingerprint density at radius 1 is 0.800 bits per heavy atom. The molecule has 0 aliphatic carbocycles. The zero-order valence-corrected chi connectivity index (χ0v) is 25.5. The average molecular weight is 591 g/mol. The minimum Gasteiger partial charge on any atom is -0.493 e. The van der Waals surface area contributed by atoms with Gasteiger partial charge in [0.1, 0.15) is 17.0 Å². The van der Waals surface area contributed by atoms with Crippen molar-refractivity contribution in [1.82, 2.24) is 20.4 Å². The van der Waals surface area contributed by atoms with Crippen LogP contribution in [0.1, 0.15) is 40.7 Å². The Bertz CT molecular complexity index is 1810. The van der Waals surface area contributed by atoms with Crippen LogP contribution in [0.3, 0.4) is 0 Å². The lowest BCUT2D eigenvalue weighted by molar-refractivity contribution is 0.357. The van der Waals surface area contributed by atoms with Gasteiger partial charge in [-0.05, 0) is 77.5 Å². The van der Waals surface area contributed by atoms with Gasteiger partial charge in [0.15, 0.2) is 0 Å². The molecule has 0 amide bonds. The molecule has 5 heteroatoms. The highest BCUT2D eigenvalue weighted by atomic mass is 16.5. The molecule has 1 saturated heterocycles.